The Kier molecular flexibility index (Phi) is 6.64. The van der Waals surface area contributed by atoms with E-state index in [1.54, 1.807) is 0 Å². The first-order valence-corrected chi connectivity index (χ1v) is 10.8. The largest absolute Gasteiger partial charge is 0.422 e. The molecule has 3 aromatic heterocycles. The van der Waals surface area contributed by atoms with Gasteiger partial charge >= 0.3 is 5.63 Å². The molecule has 0 bridgehead atoms. The van der Waals surface area contributed by atoms with Gasteiger partial charge in [0.1, 0.15) is 5.58 Å². The van der Waals surface area contributed by atoms with E-state index in [0.717, 1.165) is 47.4 Å². The monoisotopic (exact) mass is 436 g/mol. The first kappa shape index (κ1) is 22.1. The number of hydrogen-bond donors (Lipinski definition) is 2. The molecule has 4 aromatic rings. The highest BCUT2D eigenvalue weighted by Crippen LogP contribution is 2.23. The molecule has 0 aliphatic carbocycles. The number of rotatable bonds is 9. The number of hydrogen-bond acceptors (Lipinski definition) is 7. The Morgan fingerprint density at radius 2 is 1.81 bits per heavy atom. The second-order valence-electron chi connectivity index (χ2n) is 8.04. The molecule has 0 saturated carbocycles. The van der Waals surface area contributed by atoms with E-state index in [2.05, 4.69) is 9.97 Å². The van der Waals surface area contributed by atoms with Gasteiger partial charge in [-0.15, -0.1) is 0 Å². The van der Waals surface area contributed by atoms with Crippen molar-refractivity contribution in [2.75, 3.05) is 32.8 Å². The van der Waals surface area contributed by atoms with Gasteiger partial charge in [0.25, 0.3) is 0 Å². The first-order valence-electron chi connectivity index (χ1n) is 10.8. The van der Waals surface area contributed by atoms with Crippen LogP contribution >= 0.6 is 0 Å². The van der Waals surface area contributed by atoms with E-state index in [4.69, 9.17) is 14.6 Å². The minimum Gasteiger partial charge on any atom is -0.422 e. The van der Waals surface area contributed by atoms with Crippen molar-refractivity contribution < 1.29 is 14.6 Å². The zero-order chi connectivity index (χ0) is 22.7. The number of aliphatic hydroxyl groups is 2. The van der Waals surface area contributed by atoms with Crippen LogP contribution in [0.3, 0.4) is 0 Å². The molecule has 0 atom stereocenters. The van der Waals surface area contributed by atoms with E-state index in [1.807, 2.05) is 59.8 Å². The summed E-state index contributed by atoms with van der Waals surface area (Å²) in [5.41, 5.74) is 4.61. The molecule has 0 amide bonds. The van der Waals surface area contributed by atoms with Crippen molar-refractivity contribution >= 4 is 16.6 Å². The molecule has 0 spiro atoms. The fraction of sp³-hybridized carbons (Fsp3) is 0.375. The van der Waals surface area contributed by atoms with Gasteiger partial charge in [0.2, 0.25) is 0 Å². The third-order valence-corrected chi connectivity index (χ3v) is 5.57. The van der Waals surface area contributed by atoms with Gasteiger partial charge in [-0.1, -0.05) is 12.1 Å². The summed E-state index contributed by atoms with van der Waals surface area (Å²) in [5, 5.41) is 19.1. The summed E-state index contributed by atoms with van der Waals surface area (Å²) in [6.07, 6.45) is 5.40. The van der Waals surface area contributed by atoms with Crippen LogP contribution in [0, 0.1) is 13.8 Å². The minimum atomic E-state index is -0.419. The SMILES string of the molecule is Cc1cn2cc(-c3cc4ccc(CCCN(CCO)CCO)cc4oc3=O)nc2c(C)n1. The average Bonchev–Trinajstić information content (AvgIpc) is 3.17. The summed E-state index contributed by atoms with van der Waals surface area (Å²) < 4.78 is 7.53. The molecule has 2 N–H and O–H groups in total. The molecule has 0 unspecified atom stereocenters. The maximum atomic E-state index is 12.7. The molecule has 168 valence electrons. The summed E-state index contributed by atoms with van der Waals surface area (Å²) in [7, 11) is 0. The lowest BCUT2D eigenvalue weighted by atomic mass is 10.1. The lowest BCUT2D eigenvalue weighted by molar-refractivity contribution is 0.160. The summed E-state index contributed by atoms with van der Waals surface area (Å²) in [4.78, 5) is 23.8. The standard InChI is InChI=1S/C24H28N4O4/c1-16-14-28-15-21(26-23(28)17(2)25-16)20-13-19-6-5-18(12-22(19)32-24(20)31)4-3-7-27(8-10-29)9-11-30/h5-6,12-15,29-30H,3-4,7-11H2,1-2H3. The summed E-state index contributed by atoms with van der Waals surface area (Å²) >= 11 is 0. The van der Waals surface area contributed by atoms with E-state index in [-0.39, 0.29) is 13.2 Å². The third kappa shape index (κ3) is 4.72. The van der Waals surface area contributed by atoms with E-state index in [9.17, 15) is 4.79 Å². The Bertz CT molecular complexity index is 1290. The normalized spacial score (nSPS) is 11.8. The van der Waals surface area contributed by atoms with Crippen molar-refractivity contribution in [3.8, 4) is 11.3 Å². The molecule has 0 aliphatic rings. The second kappa shape index (κ2) is 9.60. The van der Waals surface area contributed by atoms with Gasteiger partial charge in [-0.05, 0) is 50.9 Å². The van der Waals surface area contributed by atoms with Crippen LogP contribution in [0.5, 0.6) is 0 Å². The van der Waals surface area contributed by atoms with Crippen molar-refractivity contribution in [3.63, 3.8) is 0 Å². The van der Waals surface area contributed by atoms with E-state index in [1.165, 1.54) is 0 Å². The molecule has 0 radical (unpaired) electrons. The first-order chi connectivity index (χ1) is 15.5. The lowest BCUT2D eigenvalue weighted by Crippen LogP contribution is -2.31. The average molecular weight is 437 g/mol. The van der Waals surface area contributed by atoms with Gasteiger partial charge < -0.3 is 19.0 Å². The number of nitrogens with zero attached hydrogens (tertiary/aromatic N) is 4. The van der Waals surface area contributed by atoms with Gasteiger partial charge in [0.05, 0.1) is 35.9 Å². The Morgan fingerprint density at radius 1 is 1.03 bits per heavy atom. The van der Waals surface area contributed by atoms with E-state index < -0.39 is 5.63 Å². The molecular weight excluding hydrogens is 408 g/mol. The van der Waals surface area contributed by atoms with Gasteiger partial charge in [0.15, 0.2) is 5.65 Å². The fourth-order valence-corrected chi connectivity index (χ4v) is 4.05. The summed E-state index contributed by atoms with van der Waals surface area (Å²) in [6.45, 7) is 5.85. The molecule has 32 heavy (non-hydrogen) atoms. The Morgan fingerprint density at radius 3 is 2.56 bits per heavy atom. The third-order valence-electron chi connectivity index (χ3n) is 5.57. The zero-order valence-electron chi connectivity index (χ0n) is 18.4. The zero-order valence-corrected chi connectivity index (χ0v) is 18.4. The van der Waals surface area contributed by atoms with E-state index in [0.29, 0.717) is 29.9 Å². The molecular formula is C24H28N4O4. The van der Waals surface area contributed by atoms with Crippen LogP contribution in [0.1, 0.15) is 23.4 Å². The van der Waals surface area contributed by atoms with Gasteiger partial charge in [0, 0.05) is 30.9 Å². The number of aromatic nitrogens is 3. The topological polar surface area (TPSA) is 104 Å². The van der Waals surface area contributed by atoms with Crippen LogP contribution in [0.4, 0.5) is 0 Å². The minimum absolute atomic E-state index is 0.0749. The molecule has 0 fully saturated rings. The molecule has 0 saturated heterocycles. The van der Waals surface area contributed by atoms with E-state index >= 15 is 0 Å². The summed E-state index contributed by atoms with van der Waals surface area (Å²) in [5.74, 6) is 0. The van der Waals surface area contributed by atoms with Crippen LogP contribution in [-0.4, -0.2) is 62.3 Å². The Labute approximate surface area is 185 Å². The van der Waals surface area contributed by atoms with Crippen molar-refractivity contribution in [3.05, 3.63) is 64.0 Å². The smallest absolute Gasteiger partial charge is 0.345 e. The summed E-state index contributed by atoms with van der Waals surface area (Å²) in [6, 6.07) is 7.73. The van der Waals surface area contributed by atoms with Crippen molar-refractivity contribution in [1.29, 1.82) is 0 Å². The number of imidazole rings is 1. The molecule has 1 aromatic carbocycles. The lowest BCUT2D eigenvalue weighted by Gasteiger charge is -2.19. The molecule has 0 aliphatic heterocycles. The second-order valence-corrected chi connectivity index (χ2v) is 8.04. The molecule has 8 heteroatoms. The highest BCUT2D eigenvalue weighted by atomic mass is 16.4. The number of fused-ring (bicyclic) bond motifs is 2. The maximum absolute atomic E-state index is 12.7. The number of aryl methyl sites for hydroxylation is 3. The molecule has 3 heterocycles. The van der Waals surface area contributed by atoms with Gasteiger partial charge in [-0.2, -0.15) is 0 Å². The van der Waals surface area contributed by atoms with Crippen molar-refractivity contribution in [2.24, 2.45) is 0 Å². The molecule has 4 rings (SSSR count). The fourth-order valence-electron chi connectivity index (χ4n) is 4.05. The van der Waals surface area contributed by atoms with Crippen LogP contribution < -0.4 is 5.63 Å². The van der Waals surface area contributed by atoms with Gasteiger partial charge in [-0.25, -0.2) is 9.78 Å². The maximum Gasteiger partial charge on any atom is 0.345 e. The quantitative estimate of drug-likeness (QED) is 0.388. The Balaban J connectivity index is 1.56. The van der Waals surface area contributed by atoms with Crippen LogP contribution in [-0.2, 0) is 6.42 Å². The highest BCUT2D eigenvalue weighted by Gasteiger charge is 2.14. The predicted octanol–water partition coefficient (Wildman–Crippen LogP) is 2.34. The molecule has 8 nitrogen and oxygen atoms in total. The van der Waals surface area contributed by atoms with Crippen LogP contribution in [0.2, 0.25) is 0 Å². The van der Waals surface area contributed by atoms with Crippen LogP contribution in [0.25, 0.3) is 27.9 Å². The van der Waals surface area contributed by atoms with Crippen molar-refractivity contribution in [1.82, 2.24) is 19.3 Å². The number of benzene rings is 1. The van der Waals surface area contributed by atoms with Gasteiger partial charge in [-0.3, -0.25) is 9.88 Å². The number of aliphatic hydroxyl groups excluding tert-OH is 2. The van der Waals surface area contributed by atoms with Crippen molar-refractivity contribution in [2.45, 2.75) is 26.7 Å². The predicted molar refractivity (Wildman–Crippen MR) is 123 cm³/mol. The van der Waals surface area contributed by atoms with Crippen LogP contribution in [0.15, 0.2) is 45.9 Å². The highest BCUT2D eigenvalue weighted by molar-refractivity contribution is 5.81. The Hall–Kier alpha value is -3.07.